The normalized spacial score (nSPS) is 17.9. The minimum atomic E-state index is 0.174. The lowest BCUT2D eigenvalue weighted by atomic mass is 9.79. The fourth-order valence-electron chi connectivity index (χ4n) is 9.71. The summed E-state index contributed by atoms with van der Waals surface area (Å²) in [5, 5.41) is 35.3. The van der Waals surface area contributed by atoms with Gasteiger partial charge >= 0.3 is 0 Å². The molecule has 64 heavy (non-hydrogen) atoms. The summed E-state index contributed by atoms with van der Waals surface area (Å²) in [5.74, 6) is 3.42. The van der Waals surface area contributed by atoms with Gasteiger partial charge in [-0.15, -0.1) is 13.2 Å². The van der Waals surface area contributed by atoms with Crippen molar-refractivity contribution in [3.8, 4) is 0 Å². The van der Waals surface area contributed by atoms with Gasteiger partial charge in [0, 0.05) is 73.5 Å². The van der Waals surface area contributed by atoms with Crippen LogP contribution < -0.4 is 53.2 Å². The van der Waals surface area contributed by atoms with Crippen molar-refractivity contribution in [2.75, 3.05) is 84.3 Å². The Morgan fingerprint density at radius 2 is 0.625 bits per heavy atom. The zero-order valence-electron chi connectivity index (χ0n) is 41.4. The second kappa shape index (κ2) is 26.9. The molecule has 10 N–H and O–H groups in total. The second-order valence-electron chi connectivity index (χ2n) is 20.8. The van der Waals surface area contributed by atoms with Gasteiger partial charge < -0.3 is 53.2 Å². The van der Waals surface area contributed by atoms with Gasteiger partial charge in [-0.2, -0.15) is 29.9 Å². The third-order valence-corrected chi connectivity index (χ3v) is 11.8. The van der Waals surface area contributed by atoms with E-state index < -0.39 is 0 Å². The molecule has 2 aromatic heterocycles. The molecule has 0 bridgehead atoms. The number of hydrogen-bond acceptors (Lipinski definition) is 16. The van der Waals surface area contributed by atoms with Crippen molar-refractivity contribution in [3.63, 3.8) is 0 Å². The molecule has 0 spiro atoms. The van der Waals surface area contributed by atoms with Gasteiger partial charge in [-0.1, -0.05) is 50.7 Å². The molecule has 4 rings (SSSR count). The standard InChI is InChI=1S/C48H90N16/c1-11-25-51-39-57-41(53-29-21-15-13-19-27-49-37-33-45(3,4)63-46(5,6)34-37)61-43(59-39)55-31-23-17-18-24-32-56-44-60-40(52-26-12-2)58-42(62-44)54-30-22-16-14-20-28-50-38-35-47(7,8)64-48(9,10)36-38/h11-12,37-38,49-50,63-64H,1-2,13-36H2,3-10H3,(H3,51,53,55,57,59,61)(H3,52,54,56,58,60,62). The van der Waals surface area contributed by atoms with E-state index in [4.69, 9.17) is 0 Å². The molecule has 16 nitrogen and oxygen atoms in total. The first-order valence-electron chi connectivity index (χ1n) is 24.8. The minimum absolute atomic E-state index is 0.174. The minimum Gasteiger partial charge on any atom is -0.354 e. The molecule has 0 atom stereocenters. The van der Waals surface area contributed by atoms with Crippen molar-refractivity contribution in [2.24, 2.45) is 0 Å². The fraction of sp³-hybridized carbons (Fsp3) is 0.792. The highest BCUT2D eigenvalue weighted by Gasteiger charge is 2.38. The molecular formula is C48H90N16. The molecule has 0 aromatic carbocycles. The maximum atomic E-state index is 4.66. The maximum Gasteiger partial charge on any atom is 0.229 e. The Hall–Kier alpha value is -3.86. The van der Waals surface area contributed by atoms with E-state index in [1.807, 2.05) is 0 Å². The van der Waals surface area contributed by atoms with Crippen LogP contribution in [0.2, 0.25) is 0 Å². The number of hydrogen-bond donors (Lipinski definition) is 10. The van der Waals surface area contributed by atoms with Crippen LogP contribution >= 0.6 is 0 Å². The zero-order valence-corrected chi connectivity index (χ0v) is 41.4. The van der Waals surface area contributed by atoms with Crippen LogP contribution in [-0.4, -0.2) is 117 Å². The van der Waals surface area contributed by atoms with Crippen LogP contribution in [0.5, 0.6) is 0 Å². The van der Waals surface area contributed by atoms with Gasteiger partial charge in [0.2, 0.25) is 35.7 Å². The lowest BCUT2D eigenvalue weighted by Gasteiger charge is -2.46. The Labute approximate surface area is 387 Å². The average Bonchev–Trinajstić information content (AvgIpc) is 3.20. The highest BCUT2D eigenvalue weighted by atomic mass is 15.3. The molecule has 362 valence electrons. The second-order valence-corrected chi connectivity index (χ2v) is 20.8. The number of rotatable bonds is 33. The number of aromatic nitrogens is 6. The van der Waals surface area contributed by atoms with Crippen molar-refractivity contribution >= 4 is 35.7 Å². The molecule has 2 aliphatic heterocycles. The molecule has 2 fully saturated rings. The summed E-state index contributed by atoms with van der Waals surface area (Å²) in [5.41, 5.74) is 0.697. The van der Waals surface area contributed by atoms with Crippen molar-refractivity contribution in [2.45, 2.75) is 192 Å². The van der Waals surface area contributed by atoms with E-state index in [0.717, 1.165) is 77.8 Å². The first-order valence-corrected chi connectivity index (χ1v) is 24.8. The van der Waals surface area contributed by atoms with E-state index in [9.17, 15) is 0 Å². The molecule has 0 amide bonds. The number of nitrogens with one attached hydrogen (secondary N) is 10. The van der Waals surface area contributed by atoms with E-state index in [1.54, 1.807) is 12.2 Å². The molecule has 2 aromatic rings. The summed E-state index contributed by atoms with van der Waals surface area (Å²) in [4.78, 5) is 27.7. The smallest absolute Gasteiger partial charge is 0.229 e. The van der Waals surface area contributed by atoms with E-state index in [0.29, 0.717) is 60.9 Å². The quantitative estimate of drug-likeness (QED) is 0.0244. The molecule has 0 radical (unpaired) electrons. The fourth-order valence-corrected chi connectivity index (χ4v) is 9.71. The Kier molecular flexibility index (Phi) is 22.2. The van der Waals surface area contributed by atoms with Crippen LogP contribution in [0.25, 0.3) is 0 Å². The summed E-state index contributed by atoms with van der Waals surface area (Å²) in [6.45, 7) is 32.7. The highest BCUT2D eigenvalue weighted by Crippen LogP contribution is 2.29. The largest absolute Gasteiger partial charge is 0.354 e. The highest BCUT2D eigenvalue weighted by molar-refractivity contribution is 5.43. The Bertz CT molecular complexity index is 1490. The van der Waals surface area contributed by atoms with Crippen molar-refractivity contribution in [1.29, 1.82) is 0 Å². The third kappa shape index (κ3) is 21.9. The molecule has 4 heterocycles. The molecule has 0 saturated carbocycles. The third-order valence-electron chi connectivity index (χ3n) is 11.8. The topological polar surface area (TPSA) is 198 Å². The summed E-state index contributed by atoms with van der Waals surface area (Å²) in [7, 11) is 0. The predicted octanol–water partition coefficient (Wildman–Crippen LogP) is 8.08. The van der Waals surface area contributed by atoms with Crippen LogP contribution in [0.3, 0.4) is 0 Å². The van der Waals surface area contributed by atoms with Gasteiger partial charge in [0.25, 0.3) is 0 Å². The summed E-state index contributed by atoms with van der Waals surface area (Å²) >= 11 is 0. The van der Waals surface area contributed by atoms with Crippen molar-refractivity contribution < 1.29 is 0 Å². The predicted molar refractivity (Wildman–Crippen MR) is 271 cm³/mol. The lowest BCUT2D eigenvalue weighted by Crippen LogP contribution is -2.61. The average molecular weight is 891 g/mol. The van der Waals surface area contributed by atoms with Gasteiger partial charge in [-0.25, -0.2) is 0 Å². The van der Waals surface area contributed by atoms with Crippen LogP contribution in [-0.2, 0) is 0 Å². The van der Waals surface area contributed by atoms with E-state index in [2.05, 4.69) is 152 Å². The SMILES string of the molecule is C=CCNc1nc(NCCCCCCNc2nc(NCC=C)nc(NCCCCCCNC3CC(C)(C)NC(C)(C)C3)n2)nc(NCCCCCCNC2CC(C)(C)NC(C)(C)C2)n1. The van der Waals surface area contributed by atoms with Gasteiger partial charge in [0.1, 0.15) is 0 Å². The maximum absolute atomic E-state index is 4.66. The van der Waals surface area contributed by atoms with Gasteiger partial charge in [-0.3, -0.25) is 0 Å². The van der Waals surface area contributed by atoms with Gasteiger partial charge in [-0.05, 0) is 133 Å². The van der Waals surface area contributed by atoms with Crippen LogP contribution in [0.15, 0.2) is 25.3 Å². The number of nitrogens with zero attached hydrogens (tertiary/aromatic N) is 6. The zero-order chi connectivity index (χ0) is 46.3. The van der Waals surface area contributed by atoms with Crippen LogP contribution in [0, 0.1) is 0 Å². The number of piperidine rings is 2. The first-order chi connectivity index (χ1) is 30.5. The van der Waals surface area contributed by atoms with Crippen molar-refractivity contribution in [3.05, 3.63) is 25.3 Å². The molecule has 0 unspecified atom stereocenters. The lowest BCUT2D eigenvalue weighted by molar-refractivity contribution is 0.145. The first kappa shape index (κ1) is 52.8. The Morgan fingerprint density at radius 3 is 0.875 bits per heavy atom. The van der Waals surface area contributed by atoms with E-state index >= 15 is 0 Å². The molecular weight excluding hydrogens is 801 g/mol. The van der Waals surface area contributed by atoms with E-state index in [-0.39, 0.29) is 22.2 Å². The Balaban J connectivity index is 1.07. The monoisotopic (exact) mass is 891 g/mol. The summed E-state index contributed by atoms with van der Waals surface area (Å²) in [6.07, 6.45) is 21.7. The number of unbranched alkanes of at least 4 members (excludes halogenated alkanes) is 9. The molecule has 2 saturated heterocycles. The molecule has 2 aliphatic rings. The van der Waals surface area contributed by atoms with Crippen molar-refractivity contribution in [1.82, 2.24) is 51.2 Å². The van der Waals surface area contributed by atoms with Crippen LogP contribution in [0.1, 0.15) is 158 Å². The van der Waals surface area contributed by atoms with Gasteiger partial charge in [0.15, 0.2) is 0 Å². The number of anilines is 6. The van der Waals surface area contributed by atoms with Crippen LogP contribution in [0.4, 0.5) is 35.7 Å². The molecule has 16 heteroatoms. The summed E-state index contributed by atoms with van der Waals surface area (Å²) in [6, 6.07) is 1.15. The van der Waals surface area contributed by atoms with E-state index in [1.165, 1.54) is 64.2 Å². The van der Waals surface area contributed by atoms with Gasteiger partial charge in [0.05, 0.1) is 0 Å². The molecule has 0 aliphatic carbocycles. The Morgan fingerprint density at radius 1 is 0.391 bits per heavy atom. The summed E-state index contributed by atoms with van der Waals surface area (Å²) < 4.78 is 0.